The van der Waals surface area contributed by atoms with E-state index < -0.39 is 29.0 Å². The van der Waals surface area contributed by atoms with E-state index in [1.54, 1.807) is 0 Å². The Balaban J connectivity index is 3.42. The van der Waals surface area contributed by atoms with E-state index in [0.29, 0.717) is 0 Å². The van der Waals surface area contributed by atoms with Crippen molar-refractivity contribution in [3.05, 3.63) is 29.3 Å². The minimum absolute atomic E-state index is 0.0471. The largest absolute Gasteiger partial charge is 0.291 e. The number of halogens is 4. The van der Waals surface area contributed by atoms with Crippen LogP contribution in [0.15, 0.2) is 6.07 Å². The number of hydrogen-bond acceptors (Lipinski definition) is 2. The van der Waals surface area contributed by atoms with Crippen molar-refractivity contribution in [2.24, 2.45) is 0 Å². The summed E-state index contributed by atoms with van der Waals surface area (Å²) >= 11 is 0. The van der Waals surface area contributed by atoms with Crippen molar-refractivity contribution >= 4 is 5.69 Å². The molecule has 0 saturated heterocycles. The molecule has 0 spiro atoms. The van der Waals surface area contributed by atoms with Crippen LogP contribution in [0.5, 0.6) is 0 Å². The summed E-state index contributed by atoms with van der Waals surface area (Å²) in [4.78, 5) is 0. The van der Waals surface area contributed by atoms with Gasteiger partial charge < -0.3 is 0 Å². The van der Waals surface area contributed by atoms with Crippen LogP contribution in [0.2, 0.25) is 0 Å². The SMILES string of the molecule is ONc1c(F)c(F)cc(F)c1F. The average molecular weight is 181 g/mol. The molecular weight excluding hydrogens is 178 g/mol. The highest BCUT2D eigenvalue weighted by Gasteiger charge is 2.17. The van der Waals surface area contributed by atoms with Gasteiger partial charge in [0.2, 0.25) is 0 Å². The van der Waals surface area contributed by atoms with Crippen LogP contribution < -0.4 is 5.48 Å². The van der Waals surface area contributed by atoms with E-state index in [9.17, 15) is 17.6 Å². The lowest BCUT2D eigenvalue weighted by Crippen LogP contribution is -2.02. The summed E-state index contributed by atoms with van der Waals surface area (Å²) < 4.78 is 49.4. The van der Waals surface area contributed by atoms with E-state index in [0.717, 1.165) is 5.48 Å². The zero-order valence-corrected chi connectivity index (χ0v) is 5.54. The summed E-state index contributed by atoms with van der Waals surface area (Å²) in [6.45, 7) is 0. The van der Waals surface area contributed by atoms with E-state index in [-0.39, 0.29) is 6.07 Å². The third-order valence-corrected chi connectivity index (χ3v) is 1.22. The van der Waals surface area contributed by atoms with E-state index in [1.807, 2.05) is 0 Å². The first-order valence-corrected chi connectivity index (χ1v) is 2.81. The van der Waals surface area contributed by atoms with E-state index in [4.69, 9.17) is 5.21 Å². The first kappa shape index (κ1) is 8.79. The highest BCUT2D eigenvalue weighted by atomic mass is 19.2. The van der Waals surface area contributed by atoms with Crippen molar-refractivity contribution in [3.8, 4) is 0 Å². The van der Waals surface area contributed by atoms with Crippen molar-refractivity contribution in [1.82, 2.24) is 0 Å². The van der Waals surface area contributed by atoms with Gasteiger partial charge in [-0.05, 0) is 0 Å². The minimum atomic E-state index is -1.67. The molecule has 1 aromatic carbocycles. The summed E-state index contributed by atoms with van der Waals surface area (Å²) in [6.07, 6.45) is 0. The quantitative estimate of drug-likeness (QED) is 0.394. The smallest absolute Gasteiger partial charge is 0.187 e. The standard InChI is InChI=1S/C6H3F4NO/c7-2-1-3(8)5(10)6(11-12)4(2)9/h1,11-12H. The molecule has 0 unspecified atom stereocenters. The van der Waals surface area contributed by atoms with Crippen LogP contribution in [0, 0.1) is 23.3 Å². The second-order valence-corrected chi connectivity index (χ2v) is 1.95. The lowest BCUT2D eigenvalue weighted by molar-refractivity contribution is 0.368. The molecule has 0 aromatic heterocycles. The van der Waals surface area contributed by atoms with Gasteiger partial charge in [-0.2, -0.15) is 0 Å². The van der Waals surface area contributed by atoms with Gasteiger partial charge in [0.15, 0.2) is 23.3 Å². The van der Waals surface area contributed by atoms with Gasteiger partial charge in [0.05, 0.1) is 0 Å². The first-order valence-electron chi connectivity index (χ1n) is 2.81. The second kappa shape index (κ2) is 2.98. The molecule has 0 aliphatic rings. The fourth-order valence-electron chi connectivity index (χ4n) is 0.671. The molecule has 12 heavy (non-hydrogen) atoms. The topological polar surface area (TPSA) is 32.3 Å². The molecule has 0 fully saturated rings. The third-order valence-electron chi connectivity index (χ3n) is 1.22. The van der Waals surface area contributed by atoms with Gasteiger partial charge >= 0.3 is 0 Å². The molecule has 0 aliphatic carbocycles. The summed E-state index contributed by atoms with van der Waals surface area (Å²) in [5.74, 6) is -6.50. The molecule has 6 heteroatoms. The summed E-state index contributed by atoms with van der Waals surface area (Å²) in [5.41, 5.74) is -0.228. The fraction of sp³-hybridized carbons (Fsp3) is 0. The Labute approximate surface area is 64.4 Å². The van der Waals surface area contributed by atoms with Crippen LogP contribution in [-0.2, 0) is 0 Å². The highest BCUT2D eigenvalue weighted by molar-refractivity contribution is 5.44. The highest BCUT2D eigenvalue weighted by Crippen LogP contribution is 2.22. The normalized spacial score (nSPS) is 10.1. The number of nitrogens with one attached hydrogen (secondary N) is 1. The third kappa shape index (κ3) is 1.20. The number of benzene rings is 1. The van der Waals surface area contributed by atoms with E-state index in [1.165, 1.54) is 0 Å². The lowest BCUT2D eigenvalue weighted by atomic mass is 10.3. The van der Waals surface area contributed by atoms with Crippen molar-refractivity contribution in [2.75, 3.05) is 5.48 Å². The maximum Gasteiger partial charge on any atom is 0.187 e. The van der Waals surface area contributed by atoms with Crippen LogP contribution in [0.4, 0.5) is 23.2 Å². The molecular formula is C6H3F4NO. The van der Waals surface area contributed by atoms with Gasteiger partial charge in [-0.3, -0.25) is 10.7 Å². The van der Waals surface area contributed by atoms with Gasteiger partial charge in [-0.25, -0.2) is 17.6 Å². The average Bonchev–Trinajstić information content (AvgIpc) is 2.02. The maximum absolute atomic E-state index is 12.4. The van der Waals surface area contributed by atoms with Crippen LogP contribution in [-0.4, -0.2) is 5.21 Å². The monoisotopic (exact) mass is 181 g/mol. The minimum Gasteiger partial charge on any atom is -0.291 e. The predicted octanol–water partition coefficient (Wildman–Crippen LogP) is 2.04. The zero-order chi connectivity index (χ0) is 9.30. The Morgan fingerprint density at radius 3 is 1.75 bits per heavy atom. The van der Waals surface area contributed by atoms with Crippen LogP contribution >= 0.6 is 0 Å². The zero-order valence-electron chi connectivity index (χ0n) is 5.54. The van der Waals surface area contributed by atoms with Crippen molar-refractivity contribution in [2.45, 2.75) is 0 Å². The van der Waals surface area contributed by atoms with Gasteiger partial charge in [-0.1, -0.05) is 0 Å². The van der Waals surface area contributed by atoms with Crippen LogP contribution in [0.25, 0.3) is 0 Å². The number of anilines is 1. The molecule has 1 rings (SSSR count). The van der Waals surface area contributed by atoms with Gasteiger partial charge in [0, 0.05) is 6.07 Å². The Morgan fingerprint density at radius 1 is 1.00 bits per heavy atom. The fourth-order valence-corrected chi connectivity index (χ4v) is 0.671. The van der Waals surface area contributed by atoms with Crippen molar-refractivity contribution in [3.63, 3.8) is 0 Å². The predicted molar refractivity (Wildman–Crippen MR) is 31.7 cm³/mol. The molecule has 0 bridgehead atoms. The summed E-state index contributed by atoms with van der Waals surface area (Å²) in [5, 5.41) is 8.08. The molecule has 1 aromatic rings. The summed E-state index contributed by atoms with van der Waals surface area (Å²) in [7, 11) is 0. The van der Waals surface area contributed by atoms with Crippen molar-refractivity contribution < 1.29 is 22.8 Å². The van der Waals surface area contributed by atoms with Crippen LogP contribution in [0.1, 0.15) is 0 Å². The van der Waals surface area contributed by atoms with E-state index >= 15 is 0 Å². The second-order valence-electron chi connectivity index (χ2n) is 1.95. The molecule has 0 radical (unpaired) electrons. The Bertz CT molecular complexity index is 289. The molecule has 0 amide bonds. The lowest BCUT2D eigenvalue weighted by Gasteiger charge is -2.03. The van der Waals surface area contributed by atoms with Crippen LogP contribution in [0.3, 0.4) is 0 Å². The summed E-state index contributed by atoms with van der Waals surface area (Å²) in [6, 6.07) is 0.0471. The van der Waals surface area contributed by atoms with Crippen molar-refractivity contribution in [1.29, 1.82) is 0 Å². The maximum atomic E-state index is 12.4. The van der Waals surface area contributed by atoms with Gasteiger partial charge in [0.25, 0.3) is 0 Å². The Morgan fingerprint density at radius 2 is 1.42 bits per heavy atom. The molecule has 0 heterocycles. The molecule has 0 aliphatic heterocycles. The molecule has 0 atom stereocenters. The molecule has 66 valence electrons. The Hall–Kier alpha value is -1.30. The molecule has 2 nitrogen and oxygen atoms in total. The molecule has 2 N–H and O–H groups in total. The number of rotatable bonds is 1. The first-order chi connectivity index (χ1) is 5.57. The number of hydrogen-bond donors (Lipinski definition) is 2. The van der Waals surface area contributed by atoms with Gasteiger partial charge in [0.1, 0.15) is 5.69 Å². The Kier molecular flexibility index (Phi) is 2.18. The van der Waals surface area contributed by atoms with Gasteiger partial charge in [-0.15, -0.1) is 0 Å². The van der Waals surface area contributed by atoms with E-state index in [2.05, 4.69) is 0 Å². The molecule has 0 saturated carbocycles.